The minimum atomic E-state index is -0.135. The number of fused-ring (bicyclic) bond motifs is 4. The molecule has 0 spiro atoms. The van der Waals surface area contributed by atoms with Crippen molar-refractivity contribution in [1.82, 2.24) is 15.1 Å². The third kappa shape index (κ3) is 5.45. The van der Waals surface area contributed by atoms with Gasteiger partial charge < -0.3 is 18.7 Å². The maximum atomic E-state index is 6.82. The monoisotopic (exact) mass is 633 g/mol. The van der Waals surface area contributed by atoms with Gasteiger partial charge in [-0.25, -0.2) is 0 Å². The number of hydrogen-bond donors (Lipinski definition) is 0. The molecule has 9 rings (SSSR count). The van der Waals surface area contributed by atoms with E-state index in [9.17, 15) is 0 Å². The van der Waals surface area contributed by atoms with E-state index in [1.54, 1.807) is 12.4 Å². The Balaban J connectivity index is 0.926. The van der Waals surface area contributed by atoms with Crippen LogP contribution in [0.3, 0.4) is 0 Å². The van der Waals surface area contributed by atoms with Crippen molar-refractivity contribution in [1.29, 1.82) is 0 Å². The van der Waals surface area contributed by atoms with Crippen LogP contribution in [-0.2, 0) is 11.3 Å². The highest BCUT2D eigenvalue weighted by Crippen LogP contribution is 2.55. The number of benzene rings is 1. The fourth-order valence-electron chi connectivity index (χ4n) is 7.27. The van der Waals surface area contributed by atoms with Gasteiger partial charge in [-0.15, -0.1) is 0 Å². The van der Waals surface area contributed by atoms with E-state index in [-0.39, 0.29) is 11.0 Å². The number of hydrogen-bond acceptors (Lipinski definition) is 7. The summed E-state index contributed by atoms with van der Waals surface area (Å²) in [5.74, 6) is 3.77. The molecule has 44 heavy (non-hydrogen) atoms. The topological polar surface area (TPSA) is 79.5 Å². The summed E-state index contributed by atoms with van der Waals surface area (Å²) in [4.78, 5) is 8.66. The molecule has 4 aromatic rings. The molecule has 0 radical (unpaired) electrons. The number of pyridine rings is 2. The Hall–Kier alpha value is -2.87. The number of halogens is 2. The van der Waals surface area contributed by atoms with Crippen LogP contribution in [0.2, 0.25) is 10.0 Å². The van der Waals surface area contributed by atoms with Gasteiger partial charge in [-0.3, -0.25) is 9.97 Å². The van der Waals surface area contributed by atoms with Gasteiger partial charge in [-0.2, -0.15) is 0 Å². The largest absolute Gasteiger partial charge is 0.493 e. The fourth-order valence-corrected chi connectivity index (χ4v) is 7.81. The normalized spacial score (nSPS) is 24.9. The highest BCUT2D eigenvalue weighted by Gasteiger charge is 2.50. The van der Waals surface area contributed by atoms with Crippen molar-refractivity contribution < 1.29 is 18.7 Å². The van der Waals surface area contributed by atoms with Gasteiger partial charge >= 0.3 is 0 Å². The molecule has 0 saturated heterocycles. The van der Waals surface area contributed by atoms with Gasteiger partial charge in [-0.05, 0) is 94.4 Å². The number of rotatable bonds is 11. The molecule has 3 heterocycles. The first-order valence-electron chi connectivity index (χ1n) is 16.1. The van der Waals surface area contributed by atoms with E-state index >= 15 is 0 Å². The van der Waals surface area contributed by atoms with Crippen molar-refractivity contribution in [3.63, 3.8) is 0 Å². The second-order valence-electron chi connectivity index (χ2n) is 13.5. The Morgan fingerprint density at radius 3 is 2.39 bits per heavy atom. The molecule has 230 valence electrons. The van der Waals surface area contributed by atoms with E-state index < -0.39 is 0 Å². The minimum Gasteiger partial charge on any atom is -0.493 e. The first-order chi connectivity index (χ1) is 21.5. The predicted molar refractivity (Wildman–Crippen MR) is 169 cm³/mol. The zero-order valence-corrected chi connectivity index (χ0v) is 26.3. The zero-order valence-electron chi connectivity index (χ0n) is 24.8. The van der Waals surface area contributed by atoms with Gasteiger partial charge in [0.25, 0.3) is 0 Å². The van der Waals surface area contributed by atoms with E-state index in [0.29, 0.717) is 46.4 Å². The first-order valence-corrected chi connectivity index (χ1v) is 16.8. The molecule has 0 atom stereocenters. The minimum absolute atomic E-state index is 0.135. The van der Waals surface area contributed by atoms with Crippen molar-refractivity contribution in [2.75, 3.05) is 13.2 Å². The molecule has 7 nitrogen and oxygen atoms in total. The summed E-state index contributed by atoms with van der Waals surface area (Å²) >= 11 is 13.0. The number of aromatic nitrogens is 3. The van der Waals surface area contributed by atoms with Crippen molar-refractivity contribution in [2.45, 2.75) is 88.8 Å². The Morgan fingerprint density at radius 1 is 0.909 bits per heavy atom. The maximum absolute atomic E-state index is 6.82. The second-order valence-corrected chi connectivity index (χ2v) is 14.3. The van der Waals surface area contributed by atoms with Crippen LogP contribution in [0.15, 0.2) is 47.4 Å². The predicted octanol–water partition coefficient (Wildman–Crippen LogP) is 9.34. The Bertz CT molecular complexity index is 1640. The Morgan fingerprint density at radius 2 is 1.68 bits per heavy atom. The molecular formula is C35H37Cl2N3O4. The highest BCUT2D eigenvalue weighted by atomic mass is 35.5. The van der Waals surface area contributed by atoms with Gasteiger partial charge in [0, 0.05) is 46.4 Å². The maximum Gasteiger partial charge on any atom is 0.145 e. The number of nitrogens with zero attached hydrogens (tertiary/aromatic N) is 3. The molecule has 3 aromatic heterocycles. The van der Waals surface area contributed by atoms with E-state index in [0.717, 1.165) is 91.7 Å². The lowest BCUT2D eigenvalue weighted by molar-refractivity contribution is -0.150. The van der Waals surface area contributed by atoms with Crippen LogP contribution in [0.25, 0.3) is 22.2 Å². The lowest BCUT2D eigenvalue weighted by atomic mass is 9.59. The number of ether oxygens (including phenoxy) is 3. The summed E-state index contributed by atoms with van der Waals surface area (Å²) < 4.78 is 25.4. The van der Waals surface area contributed by atoms with Crippen molar-refractivity contribution in [3.8, 4) is 22.8 Å². The smallest absolute Gasteiger partial charge is 0.145 e. The molecule has 5 fully saturated rings. The summed E-state index contributed by atoms with van der Waals surface area (Å²) in [6.45, 7) is 1.94. The van der Waals surface area contributed by atoms with E-state index in [4.69, 9.17) is 41.9 Å². The lowest BCUT2D eigenvalue weighted by Gasteiger charge is -2.52. The van der Waals surface area contributed by atoms with E-state index in [2.05, 4.69) is 21.2 Å². The molecular weight excluding hydrogens is 597 g/mol. The molecule has 2 bridgehead atoms. The zero-order chi connectivity index (χ0) is 29.7. The van der Waals surface area contributed by atoms with Crippen molar-refractivity contribution in [3.05, 3.63) is 64.2 Å². The third-order valence-electron chi connectivity index (χ3n) is 10.6. The molecule has 1 aromatic carbocycles. The van der Waals surface area contributed by atoms with Crippen molar-refractivity contribution >= 4 is 34.1 Å². The molecule has 5 aliphatic carbocycles. The van der Waals surface area contributed by atoms with E-state index in [1.165, 1.54) is 19.3 Å². The van der Waals surface area contributed by atoms with Crippen LogP contribution in [-0.4, -0.2) is 33.9 Å². The Labute approximate surface area is 267 Å². The lowest BCUT2D eigenvalue weighted by Crippen LogP contribution is -2.49. The standard InChI is InChI=1S/C35H37Cl2N3O4/c36-27-17-38-18-28(37)31(27)32-26(33(44-40-32)23-4-5-23)20-43-35-12-9-34(10-13-35,11-14-35)21-42-24-6-7-29-25(16-24)30(8-15-39-29)41-19-22-2-1-3-22/h6-8,15-18,22-23H,1-5,9-14,19-21H2. The summed E-state index contributed by atoms with van der Waals surface area (Å²) in [7, 11) is 0. The quantitative estimate of drug-likeness (QED) is 0.163. The van der Waals surface area contributed by atoms with Crippen LogP contribution in [0.5, 0.6) is 11.5 Å². The third-order valence-corrected chi connectivity index (χ3v) is 11.2. The van der Waals surface area contributed by atoms with Crippen LogP contribution in [0.1, 0.15) is 87.9 Å². The van der Waals surface area contributed by atoms with E-state index in [1.807, 2.05) is 24.4 Å². The fraction of sp³-hybridized carbons (Fsp3) is 0.514. The molecule has 0 unspecified atom stereocenters. The van der Waals surface area contributed by atoms with Gasteiger partial charge in [0.2, 0.25) is 0 Å². The van der Waals surface area contributed by atoms with Crippen molar-refractivity contribution in [2.24, 2.45) is 11.3 Å². The summed E-state index contributed by atoms with van der Waals surface area (Å²) in [5.41, 5.74) is 3.30. The molecule has 0 N–H and O–H groups in total. The molecule has 9 heteroatoms. The van der Waals surface area contributed by atoms with Crippen LogP contribution >= 0.6 is 23.2 Å². The van der Waals surface area contributed by atoms with Crippen LogP contribution < -0.4 is 9.47 Å². The second kappa shape index (κ2) is 11.5. The summed E-state index contributed by atoms with van der Waals surface area (Å²) in [5, 5.41) is 6.38. The SMILES string of the molecule is Clc1cncc(Cl)c1-c1noc(C2CC2)c1COC12CCC(COc3ccc4nccc(OCC5CCC5)c4c3)(CC1)CC2. The Kier molecular flexibility index (Phi) is 7.47. The van der Waals surface area contributed by atoms with Crippen LogP contribution in [0.4, 0.5) is 0 Å². The van der Waals surface area contributed by atoms with Gasteiger partial charge in [0.15, 0.2) is 0 Å². The molecule has 5 aliphatic rings. The summed E-state index contributed by atoms with van der Waals surface area (Å²) in [6, 6.07) is 8.15. The molecule has 0 aliphatic heterocycles. The van der Waals surface area contributed by atoms with Crippen LogP contribution in [0, 0.1) is 11.3 Å². The van der Waals surface area contributed by atoms with Gasteiger partial charge in [0.05, 0.1) is 41.0 Å². The average molecular weight is 635 g/mol. The molecule has 0 amide bonds. The molecule has 5 saturated carbocycles. The first kappa shape index (κ1) is 28.6. The van der Waals surface area contributed by atoms with Gasteiger partial charge in [0.1, 0.15) is 23.0 Å². The van der Waals surface area contributed by atoms with Gasteiger partial charge in [-0.1, -0.05) is 34.8 Å². The highest BCUT2D eigenvalue weighted by molar-refractivity contribution is 6.38. The summed E-state index contributed by atoms with van der Waals surface area (Å²) in [6.07, 6.45) is 17.4. The average Bonchev–Trinajstić information content (AvgIpc) is 3.79.